The third-order valence-corrected chi connectivity index (χ3v) is 3.58. The zero-order chi connectivity index (χ0) is 14.7. The molecule has 0 amide bonds. The Balaban J connectivity index is 2.43. The van der Waals surface area contributed by atoms with E-state index in [9.17, 15) is 0 Å². The highest BCUT2D eigenvalue weighted by Crippen LogP contribution is 2.30. The van der Waals surface area contributed by atoms with Crippen LogP contribution in [0, 0.1) is 13.8 Å². The summed E-state index contributed by atoms with van der Waals surface area (Å²) in [6.07, 6.45) is 0.873. The molecule has 2 rings (SSSR count). The third kappa shape index (κ3) is 2.71. The topological polar surface area (TPSA) is 60.4 Å². The summed E-state index contributed by atoms with van der Waals surface area (Å²) in [6, 6.07) is 7.93. The van der Waals surface area contributed by atoms with Gasteiger partial charge in [-0.15, -0.1) is 0 Å². The third-order valence-electron chi connectivity index (χ3n) is 3.58. The van der Waals surface area contributed by atoms with Gasteiger partial charge in [0.25, 0.3) is 0 Å². The normalized spacial score (nSPS) is 12.4. The predicted molar refractivity (Wildman–Crippen MR) is 79.7 cm³/mol. The van der Waals surface area contributed by atoms with Gasteiger partial charge >= 0.3 is 0 Å². The summed E-state index contributed by atoms with van der Waals surface area (Å²) in [5.74, 6) is 8.41. The number of nitrogens with two attached hydrogens (primary N) is 1. The Labute approximate surface area is 119 Å². The Morgan fingerprint density at radius 1 is 1.25 bits per heavy atom. The lowest BCUT2D eigenvalue weighted by molar-refractivity contribution is 0.408. The lowest BCUT2D eigenvalue weighted by Crippen LogP contribution is -2.29. The molecule has 0 spiro atoms. The number of hydrazine groups is 1. The maximum Gasteiger partial charge on any atom is 0.126 e. The molecule has 1 heterocycles. The number of nitrogens with one attached hydrogen (secondary N) is 1. The van der Waals surface area contributed by atoms with Crippen LogP contribution in [0.25, 0.3) is 0 Å². The number of benzene rings is 1. The van der Waals surface area contributed by atoms with Gasteiger partial charge in [-0.3, -0.25) is 5.84 Å². The second kappa shape index (κ2) is 6.11. The van der Waals surface area contributed by atoms with E-state index in [4.69, 9.17) is 15.0 Å². The molecule has 3 N–H and O–H groups in total. The van der Waals surface area contributed by atoms with Gasteiger partial charge in [-0.25, -0.2) is 5.43 Å². The number of methoxy groups -OCH3 is 1. The molecular formula is C16H22N2O2. The van der Waals surface area contributed by atoms with Gasteiger partial charge in [0.1, 0.15) is 23.3 Å². The number of furan rings is 1. The summed E-state index contributed by atoms with van der Waals surface area (Å²) in [6.45, 7) is 6.14. The largest absolute Gasteiger partial charge is 0.496 e. The van der Waals surface area contributed by atoms with E-state index >= 15 is 0 Å². The second-order valence-electron chi connectivity index (χ2n) is 4.94. The molecule has 0 aliphatic rings. The molecule has 0 bridgehead atoms. The summed E-state index contributed by atoms with van der Waals surface area (Å²) in [5.41, 5.74) is 6.14. The Morgan fingerprint density at radius 2 is 2.00 bits per heavy atom. The second-order valence-corrected chi connectivity index (χ2v) is 4.94. The summed E-state index contributed by atoms with van der Waals surface area (Å²) in [7, 11) is 1.68. The van der Waals surface area contributed by atoms with Crippen molar-refractivity contribution in [1.82, 2.24) is 5.43 Å². The minimum atomic E-state index is -0.153. The molecular weight excluding hydrogens is 252 g/mol. The van der Waals surface area contributed by atoms with Gasteiger partial charge in [0.15, 0.2) is 0 Å². The molecule has 1 aromatic carbocycles. The van der Waals surface area contributed by atoms with Crippen molar-refractivity contribution < 1.29 is 9.15 Å². The fraction of sp³-hybridized carbons (Fsp3) is 0.375. The van der Waals surface area contributed by atoms with Crippen LogP contribution in [0.4, 0.5) is 0 Å². The lowest BCUT2D eigenvalue weighted by atomic mass is 9.97. The first kappa shape index (κ1) is 14.6. The Morgan fingerprint density at radius 3 is 2.55 bits per heavy atom. The fourth-order valence-electron chi connectivity index (χ4n) is 2.41. The molecule has 2 aromatic rings. The first-order chi connectivity index (χ1) is 9.60. The van der Waals surface area contributed by atoms with E-state index in [-0.39, 0.29) is 6.04 Å². The molecule has 1 atom stereocenters. The summed E-state index contributed by atoms with van der Waals surface area (Å²) in [5, 5.41) is 0. The highest BCUT2D eigenvalue weighted by molar-refractivity contribution is 5.44. The van der Waals surface area contributed by atoms with Crippen molar-refractivity contribution >= 4 is 0 Å². The Kier molecular flexibility index (Phi) is 4.47. The van der Waals surface area contributed by atoms with Crippen molar-refractivity contribution in [2.45, 2.75) is 33.2 Å². The molecule has 4 heteroatoms. The van der Waals surface area contributed by atoms with E-state index in [1.165, 1.54) is 0 Å². The molecule has 0 saturated carbocycles. The van der Waals surface area contributed by atoms with Gasteiger partial charge in [0.05, 0.1) is 7.11 Å². The SMILES string of the molecule is CCc1ccc(C(NN)c2cc(C)c(OC)cc2C)o1. The number of rotatable bonds is 5. The monoisotopic (exact) mass is 274 g/mol. The standard InChI is InChI=1S/C16H22N2O2/c1-5-12-6-7-14(20-12)16(18-17)13-8-11(3)15(19-4)9-10(13)2/h6-9,16,18H,5,17H2,1-4H3. The van der Waals surface area contributed by atoms with Crippen molar-refractivity contribution in [1.29, 1.82) is 0 Å². The van der Waals surface area contributed by atoms with Gasteiger partial charge in [-0.2, -0.15) is 0 Å². The smallest absolute Gasteiger partial charge is 0.126 e. The van der Waals surface area contributed by atoms with E-state index in [1.807, 2.05) is 32.0 Å². The summed E-state index contributed by atoms with van der Waals surface area (Å²) >= 11 is 0. The van der Waals surface area contributed by atoms with Crippen molar-refractivity contribution in [2.75, 3.05) is 7.11 Å². The van der Waals surface area contributed by atoms with Crippen LogP contribution in [0.15, 0.2) is 28.7 Å². The van der Waals surface area contributed by atoms with E-state index in [0.717, 1.165) is 40.4 Å². The highest BCUT2D eigenvalue weighted by atomic mass is 16.5. The van der Waals surface area contributed by atoms with Crippen LogP contribution < -0.4 is 16.0 Å². The summed E-state index contributed by atoms with van der Waals surface area (Å²) < 4.78 is 11.2. The molecule has 1 unspecified atom stereocenters. The van der Waals surface area contributed by atoms with Gasteiger partial charge < -0.3 is 9.15 Å². The number of ether oxygens (including phenoxy) is 1. The van der Waals surface area contributed by atoms with Crippen LogP contribution in [0.2, 0.25) is 0 Å². The molecule has 0 aliphatic carbocycles. The predicted octanol–water partition coefficient (Wildman–Crippen LogP) is 3.02. The van der Waals surface area contributed by atoms with Gasteiger partial charge in [0.2, 0.25) is 0 Å². The molecule has 108 valence electrons. The highest BCUT2D eigenvalue weighted by Gasteiger charge is 2.19. The average Bonchev–Trinajstić information content (AvgIpc) is 2.91. The maximum absolute atomic E-state index is 5.82. The van der Waals surface area contributed by atoms with Crippen LogP contribution in [-0.2, 0) is 6.42 Å². The summed E-state index contributed by atoms with van der Waals surface area (Å²) in [4.78, 5) is 0. The molecule has 1 aromatic heterocycles. The number of aryl methyl sites for hydroxylation is 3. The molecule has 0 saturated heterocycles. The minimum absolute atomic E-state index is 0.153. The average molecular weight is 274 g/mol. The minimum Gasteiger partial charge on any atom is -0.496 e. The van der Waals surface area contributed by atoms with Crippen LogP contribution in [0.5, 0.6) is 5.75 Å². The fourth-order valence-corrected chi connectivity index (χ4v) is 2.41. The molecule has 20 heavy (non-hydrogen) atoms. The van der Waals surface area contributed by atoms with Crippen molar-refractivity contribution in [3.05, 3.63) is 52.5 Å². The molecule has 0 aliphatic heterocycles. The van der Waals surface area contributed by atoms with E-state index in [1.54, 1.807) is 7.11 Å². The van der Waals surface area contributed by atoms with Crippen LogP contribution in [-0.4, -0.2) is 7.11 Å². The van der Waals surface area contributed by atoms with E-state index in [0.29, 0.717) is 0 Å². The van der Waals surface area contributed by atoms with Gasteiger partial charge in [-0.1, -0.05) is 13.0 Å². The first-order valence-corrected chi connectivity index (χ1v) is 6.80. The zero-order valence-electron chi connectivity index (χ0n) is 12.5. The van der Waals surface area contributed by atoms with Crippen LogP contribution in [0.1, 0.15) is 41.2 Å². The van der Waals surface area contributed by atoms with Crippen LogP contribution in [0.3, 0.4) is 0 Å². The first-order valence-electron chi connectivity index (χ1n) is 6.80. The lowest BCUT2D eigenvalue weighted by Gasteiger charge is -2.18. The van der Waals surface area contributed by atoms with Crippen LogP contribution >= 0.6 is 0 Å². The number of hydrogen-bond acceptors (Lipinski definition) is 4. The zero-order valence-corrected chi connectivity index (χ0v) is 12.5. The molecule has 4 nitrogen and oxygen atoms in total. The van der Waals surface area contributed by atoms with E-state index in [2.05, 4.69) is 18.4 Å². The van der Waals surface area contributed by atoms with Crippen molar-refractivity contribution in [2.24, 2.45) is 5.84 Å². The van der Waals surface area contributed by atoms with Crippen molar-refractivity contribution in [3.8, 4) is 5.75 Å². The van der Waals surface area contributed by atoms with E-state index < -0.39 is 0 Å². The Hall–Kier alpha value is -1.78. The number of hydrogen-bond donors (Lipinski definition) is 2. The Bertz CT molecular complexity index is 590. The quantitative estimate of drug-likeness (QED) is 0.650. The van der Waals surface area contributed by atoms with Gasteiger partial charge in [0, 0.05) is 6.42 Å². The van der Waals surface area contributed by atoms with Crippen molar-refractivity contribution in [3.63, 3.8) is 0 Å². The maximum atomic E-state index is 5.82. The molecule has 0 radical (unpaired) electrons. The molecule has 0 fully saturated rings. The van der Waals surface area contributed by atoms with Gasteiger partial charge in [-0.05, 0) is 48.7 Å².